The van der Waals surface area contributed by atoms with Crippen LogP contribution in [0.25, 0.3) is 0 Å². The molecule has 1 aromatic rings. The first-order valence-electron chi connectivity index (χ1n) is 6.66. The van der Waals surface area contributed by atoms with E-state index in [0.29, 0.717) is 23.1 Å². The Labute approximate surface area is 123 Å². The van der Waals surface area contributed by atoms with Crippen molar-refractivity contribution < 1.29 is 14.3 Å². The van der Waals surface area contributed by atoms with Gasteiger partial charge in [-0.3, -0.25) is 4.79 Å². The number of anilines is 1. The van der Waals surface area contributed by atoms with Crippen LogP contribution in [-0.2, 0) is 9.53 Å². The highest BCUT2D eigenvalue weighted by molar-refractivity contribution is 6.31. The number of halogens is 1. The molecule has 3 N–H and O–H groups in total. The molecule has 1 aliphatic rings. The summed E-state index contributed by atoms with van der Waals surface area (Å²) in [5.41, 5.74) is 6.07. The van der Waals surface area contributed by atoms with Crippen molar-refractivity contribution in [2.75, 3.05) is 18.5 Å². The van der Waals surface area contributed by atoms with E-state index in [1.54, 1.807) is 25.1 Å². The van der Waals surface area contributed by atoms with Gasteiger partial charge in [0.1, 0.15) is 12.4 Å². The zero-order chi connectivity index (χ0) is 14.5. The van der Waals surface area contributed by atoms with Crippen LogP contribution in [0.1, 0.15) is 19.8 Å². The van der Waals surface area contributed by atoms with Gasteiger partial charge in [0.05, 0.1) is 17.8 Å². The van der Waals surface area contributed by atoms with Gasteiger partial charge in [0.15, 0.2) is 0 Å². The molecule has 6 heteroatoms. The van der Waals surface area contributed by atoms with Crippen molar-refractivity contribution in [3.05, 3.63) is 23.2 Å². The maximum absolute atomic E-state index is 11.7. The lowest BCUT2D eigenvalue weighted by Gasteiger charge is -2.16. The van der Waals surface area contributed by atoms with Gasteiger partial charge in [-0.2, -0.15) is 0 Å². The van der Waals surface area contributed by atoms with E-state index in [-0.39, 0.29) is 12.0 Å². The number of benzene rings is 1. The van der Waals surface area contributed by atoms with Gasteiger partial charge in [0, 0.05) is 11.6 Å². The lowest BCUT2D eigenvalue weighted by atomic mass is 10.2. The van der Waals surface area contributed by atoms with Gasteiger partial charge in [0.25, 0.3) is 0 Å². The Hall–Kier alpha value is -1.30. The molecular weight excluding hydrogens is 280 g/mol. The molecule has 0 aliphatic carbocycles. The largest absolute Gasteiger partial charge is 0.489 e. The summed E-state index contributed by atoms with van der Waals surface area (Å²) in [4.78, 5) is 11.7. The van der Waals surface area contributed by atoms with Crippen LogP contribution in [0.3, 0.4) is 0 Å². The molecule has 1 amide bonds. The number of amides is 1. The van der Waals surface area contributed by atoms with Crippen LogP contribution in [0.5, 0.6) is 5.75 Å². The Morgan fingerprint density at radius 1 is 1.65 bits per heavy atom. The summed E-state index contributed by atoms with van der Waals surface area (Å²) in [7, 11) is 0. The predicted octanol–water partition coefficient (Wildman–Crippen LogP) is 2.18. The second-order valence-electron chi connectivity index (χ2n) is 4.86. The first-order chi connectivity index (χ1) is 9.56. The zero-order valence-corrected chi connectivity index (χ0v) is 12.2. The van der Waals surface area contributed by atoms with Crippen molar-refractivity contribution in [3.8, 4) is 5.75 Å². The van der Waals surface area contributed by atoms with E-state index in [1.807, 2.05) is 0 Å². The summed E-state index contributed by atoms with van der Waals surface area (Å²) in [5.74, 6) is 0.285. The van der Waals surface area contributed by atoms with Crippen LogP contribution in [0.15, 0.2) is 18.2 Å². The molecular formula is C14H19ClN2O3. The van der Waals surface area contributed by atoms with Crippen molar-refractivity contribution in [1.29, 1.82) is 0 Å². The van der Waals surface area contributed by atoms with E-state index in [2.05, 4.69) is 5.32 Å². The fourth-order valence-corrected chi connectivity index (χ4v) is 2.10. The number of hydrogen-bond donors (Lipinski definition) is 2. The number of carbonyl (C=O) groups is 1. The molecule has 110 valence electrons. The lowest BCUT2D eigenvalue weighted by Crippen LogP contribution is -2.32. The van der Waals surface area contributed by atoms with Crippen LogP contribution in [0, 0.1) is 0 Å². The number of ether oxygens (including phenoxy) is 2. The number of hydrogen-bond acceptors (Lipinski definition) is 4. The summed E-state index contributed by atoms with van der Waals surface area (Å²) in [6, 6.07) is 4.49. The van der Waals surface area contributed by atoms with Gasteiger partial charge in [-0.1, -0.05) is 11.6 Å². The van der Waals surface area contributed by atoms with Crippen molar-refractivity contribution >= 4 is 23.2 Å². The summed E-state index contributed by atoms with van der Waals surface area (Å²) in [6.45, 7) is 2.86. The highest BCUT2D eigenvalue weighted by Gasteiger charge is 2.18. The molecule has 1 unspecified atom stereocenters. The van der Waals surface area contributed by atoms with Gasteiger partial charge in [-0.15, -0.1) is 0 Å². The predicted molar refractivity (Wildman–Crippen MR) is 78.2 cm³/mol. The Kier molecular flexibility index (Phi) is 5.23. The zero-order valence-electron chi connectivity index (χ0n) is 11.4. The summed E-state index contributed by atoms with van der Waals surface area (Å²) in [5, 5.41) is 3.23. The fraction of sp³-hybridized carbons (Fsp3) is 0.500. The van der Waals surface area contributed by atoms with Crippen molar-refractivity contribution in [3.63, 3.8) is 0 Å². The smallest absolute Gasteiger partial charge is 0.241 e. The first kappa shape index (κ1) is 15.1. The molecule has 1 fully saturated rings. The van der Waals surface area contributed by atoms with Gasteiger partial charge in [0.2, 0.25) is 5.91 Å². The first-order valence-corrected chi connectivity index (χ1v) is 7.04. The van der Waals surface area contributed by atoms with Gasteiger partial charge in [-0.25, -0.2) is 0 Å². The van der Waals surface area contributed by atoms with E-state index >= 15 is 0 Å². The van der Waals surface area contributed by atoms with Gasteiger partial charge >= 0.3 is 0 Å². The van der Waals surface area contributed by atoms with Crippen LogP contribution >= 0.6 is 11.6 Å². The third-order valence-electron chi connectivity index (χ3n) is 3.06. The Morgan fingerprint density at radius 3 is 3.10 bits per heavy atom. The van der Waals surface area contributed by atoms with Crippen molar-refractivity contribution in [2.24, 2.45) is 5.73 Å². The molecule has 1 heterocycles. The third kappa shape index (κ3) is 4.10. The number of carbonyl (C=O) groups excluding carboxylic acids is 1. The molecule has 2 rings (SSSR count). The number of nitrogens with one attached hydrogen (secondary N) is 1. The topological polar surface area (TPSA) is 73.6 Å². The summed E-state index contributed by atoms with van der Waals surface area (Å²) >= 11 is 5.94. The SMILES string of the molecule is C[C@H](N)C(=O)Nc1cc(Cl)ccc1OCC1CCCO1. The van der Waals surface area contributed by atoms with Crippen molar-refractivity contribution in [2.45, 2.75) is 31.9 Å². The Bertz CT molecular complexity index is 473. The molecule has 0 radical (unpaired) electrons. The quantitative estimate of drug-likeness (QED) is 0.874. The normalized spacial score (nSPS) is 19.6. The molecule has 20 heavy (non-hydrogen) atoms. The van der Waals surface area contributed by atoms with E-state index in [9.17, 15) is 4.79 Å². The van der Waals surface area contributed by atoms with E-state index in [1.165, 1.54) is 0 Å². The van der Waals surface area contributed by atoms with Gasteiger partial charge in [-0.05, 0) is 38.0 Å². The highest BCUT2D eigenvalue weighted by Crippen LogP contribution is 2.29. The summed E-state index contributed by atoms with van der Waals surface area (Å²) in [6.07, 6.45) is 2.17. The van der Waals surface area contributed by atoms with Gasteiger partial charge < -0.3 is 20.5 Å². The lowest BCUT2D eigenvalue weighted by molar-refractivity contribution is -0.117. The standard InChI is InChI=1S/C14H19ClN2O3/c1-9(16)14(18)17-12-7-10(15)4-5-13(12)20-8-11-3-2-6-19-11/h4-5,7,9,11H,2-3,6,8,16H2,1H3,(H,17,18)/t9-,11?/m0/s1. The molecule has 1 aliphatic heterocycles. The monoisotopic (exact) mass is 298 g/mol. The van der Waals surface area contributed by atoms with E-state index in [0.717, 1.165) is 19.4 Å². The maximum atomic E-state index is 11.7. The fourth-order valence-electron chi connectivity index (χ4n) is 1.93. The average molecular weight is 299 g/mol. The second-order valence-corrected chi connectivity index (χ2v) is 5.30. The number of nitrogens with two attached hydrogens (primary N) is 1. The van der Waals surface area contributed by atoms with E-state index in [4.69, 9.17) is 26.8 Å². The minimum atomic E-state index is -0.597. The maximum Gasteiger partial charge on any atom is 0.241 e. The van der Waals surface area contributed by atoms with Crippen LogP contribution in [0.4, 0.5) is 5.69 Å². The molecule has 0 saturated carbocycles. The third-order valence-corrected chi connectivity index (χ3v) is 3.30. The molecule has 0 spiro atoms. The van der Waals surface area contributed by atoms with Crippen LogP contribution < -0.4 is 15.8 Å². The molecule has 0 bridgehead atoms. The second kappa shape index (κ2) is 6.92. The van der Waals surface area contributed by atoms with Crippen LogP contribution in [0.2, 0.25) is 5.02 Å². The minimum absolute atomic E-state index is 0.114. The van der Waals surface area contributed by atoms with Crippen molar-refractivity contribution in [1.82, 2.24) is 0 Å². The molecule has 1 saturated heterocycles. The molecule has 2 atom stereocenters. The molecule has 5 nitrogen and oxygen atoms in total. The average Bonchev–Trinajstić information content (AvgIpc) is 2.90. The number of rotatable bonds is 5. The van der Waals surface area contributed by atoms with E-state index < -0.39 is 6.04 Å². The highest BCUT2D eigenvalue weighted by atomic mass is 35.5. The molecule has 1 aromatic carbocycles. The Balaban J connectivity index is 2.04. The minimum Gasteiger partial charge on any atom is -0.489 e. The Morgan fingerprint density at radius 2 is 2.45 bits per heavy atom. The van der Waals surface area contributed by atoms with Crippen LogP contribution in [-0.4, -0.2) is 31.3 Å². The summed E-state index contributed by atoms with van der Waals surface area (Å²) < 4.78 is 11.2. The molecule has 0 aromatic heterocycles.